The highest BCUT2D eigenvalue weighted by atomic mass is 79.9. The lowest BCUT2D eigenvalue weighted by atomic mass is 9.92. The zero-order valence-electron chi connectivity index (χ0n) is 12.3. The average molecular weight is 367 g/mol. The lowest BCUT2D eigenvalue weighted by Crippen LogP contribution is -2.24. The summed E-state index contributed by atoms with van der Waals surface area (Å²) >= 11 is 10.0. The summed E-state index contributed by atoms with van der Waals surface area (Å²) in [6.45, 7) is 4.19. The van der Waals surface area contributed by atoms with E-state index in [2.05, 4.69) is 64.6 Å². The molecule has 1 nitrogen and oxygen atoms in total. The molecule has 0 amide bonds. The molecule has 2 rings (SSSR count). The molecule has 2 aromatic carbocycles. The van der Waals surface area contributed by atoms with Gasteiger partial charge in [0.15, 0.2) is 0 Å². The highest BCUT2D eigenvalue weighted by Gasteiger charge is 2.16. The highest BCUT2D eigenvalue weighted by Crippen LogP contribution is 2.29. The Bertz CT molecular complexity index is 571. The minimum Gasteiger partial charge on any atom is -0.316 e. The van der Waals surface area contributed by atoms with Crippen LogP contribution in [0.15, 0.2) is 53.0 Å². The van der Waals surface area contributed by atoms with Crippen LogP contribution in [0.3, 0.4) is 0 Å². The van der Waals surface area contributed by atoms with Crippen LogP contribution in [0.2, 0.25) is 5.02 Å². The SMILES string of the molecule is CCCNCC(Cc1ccccc1Cl)c1ccccc1Br. The van der Waals surface area contributed by atoms with Crippen molar-refractivity contribution >= 4 is 27.5 Å². The Balaban J connectivity index is 2.20. The number of hydrogen-bond acceptors (Lipinski definition) is 1. The van der Waals surface area contributed by atoms with E-state index in [4.69, 9.17) is 11.6 Å². The van der Waals surface area contributed by atoms with Gasteiger partial charge in [-0.25, -0.2) is 0 Å². The van der Waals surface area contributed by atoms with E-state index in [1.54, 1.807) is 0 Å². The molecule has 0 aromatic heterocycles. The van der Waals surface area contributed by atoms with Crippen molar-refractivity contribution in [3.63, 3.8) is 0 Å². The second kappa shape index (κ2) is 8.57. The molecule has 0 aliphatic heterocycles. The molecule has 112 valence electrons. The van der Waals surface area contributed by atoms with Crippen molar-refractivity contribution in [2.45, 2.75) is 25.7 Å². The van der Waals surface area contributed by atoms with E-state index in [9.17, 15) is 0 Å². The number of benzene rings is 2. The van der Waals surface area contributed by atoms with Crippen LogP contribution < -0.4 is 5.32 Å². The molecule has 2 aromatic rings. The van der Waals surface area contributed by atoms with Gasteiger partial charge in [0.25, 0.3) is 0 Å². The maximum Gasteiger partial charge on any atom is 0.0438 e. The normalized spacial score (nSPS) is 12.3. The van der Waals surface area contributed by atoms with Crippen molar-refractivity contribution in [2.24, 2.45) is 0 Å². The maximum atomic E-state index is 6.32. The minimum atomic E-state index is 0.409. The first-order valence-corrected chi connectivity index (χ1v) is 8.58. The van der Waals surface area contributed by atoms with Crippen LogP contribution in [0.1, 0.15) is 30.4 Å². The summed E-state index contributed by atoms with van der Waals surface area (Å²) in [6, 6.07) is 16.6. The second-order valence-electron chi connectivity index (χ2n) is 5.22. The van der Waals surface area contributed by atoms with E-state index in [-0.39, 0.29) is 0 Å². The van der Waals surface area contributed by atoms with Gasteiger partial charge >= 0.3 is 0 Å². The van der Waals surface area contributed by atoms with E-state index in [0.717, 1.165) is 31.0 Å². The highest BCUT2D eigenvalue weighted by molar-refractivity contribution is 9.10. The van der Waals surface area contributed by atoms with Gasteiger partial charge in [-0.15, -0.1) is 0 Å². The molecule has 1 atom stereocenters. The van der Waals surface area contributed by atoms with E-state index in [1.807, 2.05) is 12.1 Å². The quantitative estimate of drug-likeness (QED) is 0.644. The monoisotopic (exact) mass is 365 g/mol. The van der Waals surface area contributed by atoms with Crippen LogP contribution in [-0.4, -0.2) is 13.1 Å². The Hall–Kier alpha value is -0.830. The van der Waals surface area contributed by atoms with Crippen LogP contribution in [-0.2, 0) is 6.42 Å². The fourth-order valence-corrected chi connectivity index (χ4v) is 3.30. The smallest absolute Gasteiger partial charge is 0.0438 e. The largest absolute Gasteiger partial charge is 0.316 e. The van der Waals surface area contributed by atoms with E-state index in [0.29, 0.717) is 5.92 Å². The molecule has 0 heterocycles. The molecule has 0 spiro atoms. The molecule has 3 heteroatoms. The van der Waals surface area contributed by atoms with Gasteiger partial charge in [0, 0.05) is 22.0 Å². The molecule has 1 N–H and O–H groups in total. The van der Waals surface area contributed by atoms with Gasteiger partial charge in [-0.1, -0.05) is 70.9 Å². The number of halogens is 2. The third-order valence-electron chi connectivity index (χ3n) is 3.59. The predicted molar refractivity (Wildman–Crippen MR) is 95.2 cm³/mol. The minimum absolute atomic E-state index is 0.409. The van der Waals surface area contributed by atoms with Gasteiger partial charge in [0.1, 0.15) is 0 Å². The molecular weight excluding hydrogens is 346 g/mol. The molecule has 0 saturated heterocycles. The first-order valence-electron chi connectivity index (χ1n) is 7.41. The predicted octanol–water partition coefficient (Wildman–Crippen LogP) is 5.43. The Morgan fingerprint density at radius 2 is 1.81 bits per heavy atom. The lowest BCUT2D eigenvalue weighted by Gasteiger charge is -2.20. The molecule has 0 aliphatic rings. The molecule has 21 heavy (non-hydrogen) atoms. The summed E-state index contributed by atoms with van der Waals surface area (Å²) in [6.07, 6.45) is 2.09. The standard InChI is InChI=1S/C18H21BrClN/c1-2-11-21-13-15(16-8-4-5-9-17(16)19)12-14-7-3-6-10-18(14)20/h3-10,15,21H,2,11-13H2,1H3. The zero-order valence-corrected chi connectivity index (χ0v) is 14.6. The van der Waals surface area contributed by atoms with Gasteiger partial charge in [-0.3, -0.25) is 0 Å². The third kappa shape index (κ3) is 4.84. The van der Waals surface area contributed by atoms with Crippen LogP contribution in [0.5, 0.6) is 0 Å². The lowest BCUT2D eigenvalue weighted by molar-refractivity contribution is 0.575. The fraction of sp³-hybridized carbons (Fsp3) is 0.333. The van der Waals surface area contributed by atoms with Gasteiger partial charge in [0.05, 0.1) is 0 Å². The third-order valence-corrected chi connectivity index (χ3v) is 4.68. The van der Waals surface area contributed by atoms with E-state index >= 15 is 0 Å². The molecule has 0 fully saturated rings. The summed E-state index contributed by atoms with van der Waals surface area (Å²) in [5, 5.41) is 4.39. The second-order valence-corrected chi connectivity index (χ2v) is 6.48. The Kier molecular flexibility index (Phi) is 6.75. The number of nitrogens with one attached hydrogen (secondary N) is 1. The average Bonchev–Trinajstić information content (AvgIpc) is 2.49. The summed E-state index contributed by atoms with van der Waals surface area (Å²) < 4.78 is 1.17. The number of hydrogen-bond donors (Lipinski definition) is 1. The van der Waals surface area contributed by atoms with Gasteiger partial charge < -0.3 is 5.32 Å². The van der Waals surface area contributed by atoms with Crippen molar-refractivity contribution in [3.05, 3.63) is 69.2 Å². The summed E-state index contributed by atoms with van der Waals surface area (Å²) in [5.74, 6) is 0.409. The van der Waals surface area contributed by atoms with Crippen LogP contribution >= 0.6 is 27.5 Å². The van der Waals surface area contributed by atoms with Crippen molar-refractivity contribution in [1.29, 1.82) is 0 Å². The molecule has 1 unspecified atom stereocenters. The van der Waals surface area contributed by atoms with Crippen molar-refractivity contribution < 1.29 is 0 Å². The summed E-state index contributed by atoms with van der Waals surface area (Å²) in [5.41, 5.74) is 2.54. The van der Waals surface area contributed by atoms with E-state index in [1.165, 1.54) is 15.6 Å². The molecule has 0 saturated carbocycles. The van der Waals surface area contributed by atoms with Crippen LogP contribution in [0, 0.1) is 0 Å². The van der Waals surface area contributed by atoms with Crippen molar-refractivity contribution in [3.8, 4) is 0 Å². The molecule has 0 bridgehead atoms. The van der Waals surface area contributed by atoms with Crippen molar-refractivity contribution in [2.75, 3.05) is 13.1 Å². The first-order chi connectivity index (χ1) is 10.2. The van der Waals surface area contributed by atoms with Crippen molar-refractivity contribution in [1.82, 2.24) is 5.32 Å². The van der Waals surface area contributed by atoms with Gasteiger partial charge in [-0.05, 0) is 42.6 Å². The Morgan fingerprint density at radius 3 is 2.52 bits per heavy atom. The fourth-order valence-electron chi connectivity index (χ4n) is 2.48. The molecular formula is C18H21BrClN. The summed E-state index contributed by atoms with van der Waals surface area (Å²) in [4.78, 5) is 0. The topological polar surface area (TPSA) is 12.0 Å². The van der Waals surface area contributed by atoms with Crippen LogP contribution in [0.4, 0.5) is 0 Å². The maximum absolute atomic E-state index is 6.32. The van der Waals surface area contributed by atoms with Gasteiger partial charge in [-0.2, -0.15) is 0 Å². The summed E-state index contributed by atoms with van der Waals surface area (Å²) in [7, 11) is 0. The zero-order chi connectivity index (χ0) is 15.1. The van der Waals surface area contributed by atoms with Crippen LogP contribution in [0.25, 0.3) is 0 Å². The first kappa shape index (κ1) is 16.5. The van der Waals surface area contributed by atoms with Gasteiger partial charge in [0.2, 0.25) is 0 Å². The molecule has 0 aliphatic carbocycles. The Labute approximate surface area is 140 Å². The number of rotatable bonds is 7. The van der Waals surface area contributed by atoms with E-state index < -0.39 is 0 Å². The molecule has 0 radical (unpaired) electrons. The Morgan fingerprint density at radius 1 is 1.10 bits per heavy atom.